The van der Waals surface area contributed by atoms with Gasteiger partial charge in [-0.2, -0.15) is 4.39 Å². The van der Waals surface area contributed by atoms with Crippen LogP contribution < -0.4 is 20.1 Å². The van der Waals surface area contributed by atoms with E-state index in [1.54, 1.807) is 6.08 Å². The number of hydrogen-bond donors (Lipinski definition) is 0. The highest BCUT2D eigenvalue weighted by molar-refractivity contribution is 5.63. The lowest BCUT2D eigenvalue weighted by atomic mass is 10.1. The summed E-state index contributed by atoms with van der Waals surface area (Å²) in [5.74, 6) is -2.42. The Morgan fingerprint density at radius 3 is 2.79 bits per heavy atom. The maximum Gasteiger partial charge on any atom is 0.231 e. The van der Waals surface area contributed by atoms with E-state index in [9.17, 15) is 14.5 Å². The first-order valence-corrected chi connectivity index (χ1v) is 5.69. The third-order valence-electron chi connectivity index (χ3n) is 3.02. The molecule has 6 heteroatoms. The number of fused-ring (bicyclic) bond motifs is 1. The van der Waals surface area contributed by atoms with Crippen LogP contribution in [0.5, 0.6) is 11.5 Å². The van der Waals surface area contributed by atoms with E-state index >= 15 is 0 Å². The van der Waals surface area contributed by atoms with E-state index in [0.29, 0.717) is 0 Å². The molecule has 0 bridgehead atoms. The molecule has 0 spiro atoms. The van der Waals surface area contributed by atoms with Crippen molar-refractivity contribution in [3.8, 4) is 11.5 Å². The van der Waals surface area contributed by atoms with Crippen molar-refractivity contribution in [1.82, 2.24) is 5.73 Å². The number of hydrogen-bond acceptors (Lipinski definition) is 3. The minimum absolute atomic E-state index is 0.0806. The summed E-state index contributed by atoms with van der Waals surface area (Å²) in [5, 5.41) is 0. The lowest BCUT2D eigenvalue weighted by molar-refractivity contribution is 0.170. The molecule has 0 amide bonds. The third kappa shape index (κ3) is 1.80. The van der Waals surface area contributed by atoms with E-state index in [1.165, 1.54) is 17.0 Å². The molecule has 0 saturated heterocycles. The molecule has 1 aromatic rings. The largest absolute Gasteiger partial charge is 0.453 e. The van der Waals surface area contributed by atoms with E-state index in [1.807, 2.05) is 6.92 Å². The molecular formula is C13H10F2N2O2. The fraction of sp³-hybridized carbons (Fsp3) is 0.231. The summed E-state index contributed by atoms with van der Waals surface area (Å²) in [4.78, 5) is 1.27. The zero-order chi connectivity index (χ0) is 13.6. The standard InChI is InChI=1S/C13H10F2N2O2/c1-7-2-3-10(16)17(5-7)8-4-9-13(19-6-18-9)12(15)11(8)14/h2-4H,5-6H2,1H3. The highest BCUT2D eigenvalue weighted by Crippen LogP contribution is 2.41. The maximum absolute atomic E-state index is 14.0. The van der Waals surface area contributed by atoms with Gasteiger partial charge in [-0.1, -0.05) is 11.6 Å². The number of halogens is 2. The molecule has 0 aromatic heterocycles. The number of nitrogens with zero attached hydrogens (tertiary/aromatic N) is 2. The summed E-state index contributed by atoms with van der Waals surface area (Å²) in [6.45, 7) is 1.96. The van der Waals surface area contributed by atoms with Gasteiger partial charge in [0.05, 0.1) is 5.69 Å². The predicted molar refractivity (Wildman–Crippen MR) is 63.8 cm³/mol. The number of benzene rings is 1. The lowest BCUT2D eigenvalue weighted by Crippen LogP contribution is -2.28. The van der Waals surface area contributed by atoms with Crippen LogP contribution in [0.1, 0.15) is 6.92 Å². The Labute approximate surface area is 108 Å². The SMILES string of the molecule is CC1=CC=C([N])N(c2cc3c(c(F)c2F)OCO3)C1. The maximum atomic E-state index is 14.0. The van der Waals surface area contributed by atoms with Crippen LogP contribution in [0.2, 0.25) is 0 Å². The molecule has 2 heterocycles. The number of allylic oxidation sites excluding steroid dienone is 2. The molecule has 2 aliphatic rings. The minimum atomic E-state index is -1.11. The molecule has 0 aliphatic carbocycles. The average molecular weight is 264 g/mol. The molecule has 19 heavy (non-hydrogen) atoms. The number of anilines is 1. The van der Waals surface area contributed by atoms with Crippen LogP contribution in [-0.2, 0) is 0 Å². The monoisotopic (exact) mass is 264 g/mol. The van der Waals surface area contributed by atoms with Gasteiger partial charge < -0.3 is 14.4 Å². The van der Waals surface area contributed by atoms with Crippen LogP contribution in [0.3, 0.4) is 0 Å². The van der Waals surface area contributed by atoms with Gasteiger partial charge in [0.2, 0.25) is 18.4 Å². The smallest absolute Gasteiger partial charge is 0.231 e. The van der Waals surface area contributed by atoms with Crippen molar-refractivity contribution in [3.63, 3.8) is 0 Å². The predicted octanol–water partition coefficient (Wildman–Crippen LogP) is 2.37. The van der Waals surface area contributed by atoms with Crippen molar-refractivity contribution < 1.29 is 18.3 Å². The summed E-state index contributed by atoms with van der Waals surface area (Å²) in [6, 6.07) is 1.32. The van der Waals surface area contributed by atoms with Crippen LogP contribution in [-0.4, -0.2) is 13.3 Å². The second kappa shape index (κ2) is 4.15. The van der Waals surface area contributed by atoms with Crippen molar-refractivity contribution >= 4 is 5.69 Å². The first-order valence-electron chi connectivity index (χ1n) is 5.69. The van der Waals surface area contributed by atoms with E-state index in [2.05, 4.69) is 0 Å². The molecule has 2 aliphatic heterocycles. The fourth-order valence-corrected chi connectivity index (χ4v) is 2.06. The molecule has 0 fully saturated rings. The van der Waals surface area contributed by atoms with Crippen LogP contribution >= 0.6 is 0 Å². The first kappa shape index (κ1) is 11.8. The summed E-state index contributed by atoms with van der Waals surface area (Å²) >= 11 is 0. The van der Waals surface area contributed by atoms with Gasteiger partial charge in [-0.3, -0.25) is 0 Å². The van der Waals surface area contributed by atoms with Crippen LogP contribution in [0.25, 0.3) is 0 Å². The van der Waals surface area contributed by atoms with Gasteiger partial charge in [0.25, 0.3) is 0 Å². The third-order valence-corrected chi connectivity index (χ3v) is 3.02. The summed E-state index contributed by atoms with van der Waals surface area (Å²) < 4.78 is 37.8. The summed E-state index contributed by atoms with van der Waals surface area (Å²) in [5.41, 5.74) is 10.6. The van der Waals surface area contributed by atoms with Gasteiger partial charge in [0.15, 0.2) is 17.4 Å². The van der Waals surface area contributed by atoms with Crippen LogP contribution in [0.4, 0.5) is 14.5 Å². The quantitative estimate of drug-likeness (QED) is 0.782. The first-order chi connectivity index (χ1) is 9.08. The number of ether oxygens (including phenoxy) is 2. The zero-order valence-electron chi connectivity index (χ0n) is 10.1. The highest BCUT2D eigenvalue weighted by Gasteiger charge is 2.29. The van der Waals surface area contributed by atoms with Crippen molar-refractivity contribution in [2.75, 3.05) is 18.2 Å². The molecular weight excluding hydrogens is 254 g/mol. The normalized spacial score (nSPS) is 17.3. The minimum Gasteiger partial charge on any atom is -0.453 e. The van der Waals surface area contributed by atoms with E-state index in [4.69, 9.17) is 9.47 Å². The van der Waals surface area contributed by atoms with E-state index in [0.717, 1.165) is 5.57 Å². The van der Waals surface area contributed by atoms with Gasteiger partial charge in [-0.25, -0.2) is 4.39 Å². The Hall–Kier alpha value is -2.24. The van der Waals surface area contributed by atoms with E-state index in [-0.39, 0.29) is 36.3 Å². The van der Waals surface area contributed by atoms with Crippen molar-refractivity contribution in [2.24, 2.45) is 0 Å². The Bertz CT molecular complexity index is 611. The molecule has 0 unspecified atom stereocenters. The average Bonchev–Trinajstić information content (AvgIpc) is 2.85. The molecule has 4 nitrogen and oxygen atoms in total. The lowest BCUT2D eigenvalue weighted by Gasteiger charge is -2.26. The summed E-state index contributed by atoms with van der Waals surface area (Å²) in [7, 11) is 0. The fourth-order valence-electron chi connectivity index (χ4n) is 2.06. The second-order valence-corrected chi connectivity index (χ2v) is 4.38. The highest BCUT2D eigenvalue weighted by atomic mass is 19.2. The van der Waals surface area contributed by atoms with Gasteiger partial charge in [0, 0.05) is 12.6 Å². The van der Waals surface area contributed by atoms with Crippen molar-refractivity contribution in [3.05, 3.63) is 41.2 Å². The van der Waals surface area contributed by atoms with Crippen LogP contribution in [0.15, 0.2) is 29.6 Å². The molecule has 3 rings (SSSR count). The Morgan fingerprint density at radius 2 is 2.00 bits per heavy atom. The molecule has 0 saturated carbocycles. The molecule has 0 atom stereocenters. The van der Waals surface area contributed by atoms with Gasteiger partial charge >= 0.3 is 0 Å². The molecule has 2 radical (unpaired) electrons. The van der Waals surface area contributed by atoms with Crippen molar-refractivity contribution in [2.45, 2.75) is 6.92 Å². The van der Waals surface area contributed by atoms with Crippen molar-refractivity contribution in [1.29, 1.82) is 0 Å². The van der Waals surface area contributed by atoms with E-state index < -0.39 is 11.6 Å². The Morgan fingerprint density at radius 1 is 1.21 bits per heavy atom. The Balaban J connectivity index is 2.09. The Kier molecular flexibility index (Phi) is 2.58. The molecule has 98 valence electrons. The molecule has 0 N–H and O–H groups in total. The second-order valence-electron chi connectivity index (χ2n) is 4.38. The topological polar surface area (TPSA) is 44.0 Å². The van der Waals surface area contributed by atoms with Gasteiger partial charge in [0.1, 0.15) is 0 Å². The molecule has 1 aromatic carbocycles. The number of rotatable bonds is 1. The summed E-state index contributed by atoms with van der Waals surface area (Å²) in [6.07, 6.45) is 3.15. The zero-order valence-corrected chi connectivity index (χ0v) is 10.1. The van der Waals surface area contributed by atoms with Gasteiger partial charge in [-0.15, -0.1) is 5.73 Å². The van der Waals surface area contributed by atoms with Crippen LogP contribution in [0, 0.1) is 11.6 Å². The van der Waals surface area contributed by atoms with Gasteiger partial charge in [-0.05, 0) is 13.0 Å².